The second-order valence-electron chi connectivity index (χ2n) is 13.5. The number of rotatable bonds is 4. The first-order valence-corrected chi connectivity index (χ1v) is 13.8. The summed E-state index contributed by atoms with van der Waals surface area (Å²) in [6, 6.07) is 3.94. The van der Waals surface area contributed by atoms with Crippen molar-refractivity contribution in [1.82, 2.24) is 0 Å². The molecule has 0 spiro atoms. The summed E-state index contributed by atoms with van der Waals surface area (Å²) in [5.74, 6) is 0.380. The van der Waals surface area contributed by atoms with Gasteiger partial charge in [0.25, 0.3) is 0 Å². The summed E-state index contributed by atoms with van der Waals surface area (Å²) in [4.78, 5) is 25.7. The van der Waals surface area contributed by atoms with Crippen LogP contribution in [0.4, 0.5) is 0 Å². The Labute approximate surface area is 226 Å². The van der Waals surface area contributed by atoms with E-state index in [0.717, 1.165) is 38.5 Å². The fourth-order valence-electron chi connectivity index (χ4n) is 7.94. The molecule has 38 heavy (non-hydrogen) atoms. The third-order valence-corrected chi connectivity index (χ3v) is 10.2. The van der Waals surface area contributed by atoms with Gasteiger partial charge in [-0.2, -0.15) is 20.8 Å². The summed E-state index contributed by atoms with van der Waals surface area (Å²) in [7, 11) is 0. The Morgan fingerprint density at radius 3 is 2.13 bits per heavy atom. The van der Waals surface area contributed by atoms with Crippen LogP contribution in [0.2, 0.25) is 0 Å². The van der Waals surface area contributed by atoms with Gasteiger partial charge in [0.05, 0.1) is 18.2 Å². The van der Waals surface area contributed by atoms with Crippen LogP contribution in [0.1, 0.15) is 92.9 Å². The summed E-state index contributed by atoms with van der Waals surface area (Å²) in [5.41, 5.74) is -4.08. The maximum Gasteiger partial charge on any atom is 0.190 e. The number of ketones is 2. The Morgan fingerprint density at radius 1 is 1.03 bits per heavy atom. The molecule has 0 saturated heterocycles. The second-order valence-corrected chi connectivity index (χ2v) is 13.5. The molecule has 0 unspecified atom stereocenters. The number of fused-ring (bicyclic) bond motifs is 5. The fourth-order valence-corrected chi connectivity index (χ4v) is 7.94. The Kier molecular flexibility index (Phi) is 8.31. The molecule has 4 fully saturated rings. The van der Waals surface area contributed by atoms with E-state index in [0.29, 0.717) is 12.3 Å². The Hall–Kier alpha value is -2.20. The highest BCUT2D eigenvalue weighted by Gasteiger charge is 2.68. The molecule has 0 amide bonds. The SMILES string of the molecule is CC(C)(C#N)N=NC(C)(C)C#N.C[C@]12CC[C@@H](O)C[C@H]1CC[C@@H]1[C@@H]2C(=O)C[C@@]2(C)[C@H]1CC[C@]2(O)C(=O)CO. The predicted octanol–water partition coefficient (Wildman–Crippen LogP) is 3.90. The summed E-state index contributed by atoms with van der Waals surface area (Å²) in [5, 5.41) is 55.3. The van der Waals surface area contributed by atoms with Gasteiger partial charge in [-0.15, -0.1) is 0 Å². The van der Waals surface area contributed by atoms with Gasteiger partial charge in [-0.25, -0.2) is 0 Å². The van der Waals surface area contributed by atoms with Gasteiger partial charge in [0, 0.05) is 17.8 Å². The van der Waals surface area contributed by atoms with E-state index in [1.54, 1.807) is 27.7 Å². The lowest BCUT2D eigenvalue weighted by Gasteiger charge is -2.60. The molecule has 0 radical (unpaired) electrons. The Morgan fingerprint density at radius 2 is 1.61 bits per heavy atom. The van der Waals surface area contributed by atoms with Crippen LogP contribution in [0.3, 0.4) is 0 Å². The molecular formula is C29H44N4O5. The van der Waals surface area contributed by atoms with Crippen LogP contribution in [0.15, 0.2) is 10.2 Å². The average Bonchev–Trinajstić information content (AvgIpc) is 3.14. The minimum atomic E-state index is -1.58. The van der Waals surface area contributed by atoms with Crippen LogP contribution in [0, 0.1) is 57.2 Å². The Bertz CT molecular complexity index is 1030. The van der Waals surface area contributed by atoms with Crippen LogP contribution in [0.5, 0.6) is 0 Å². The molecule has 210 valence electrons. The molecule has 0 aliphatic heterocycles. The van der Waals surface area contributed by atoms with Crippen LogP contribution in [-0.2, 0) is 9.59 Å². The largest absolute Gasteiger partial charge is 0.393 e. The molecule has 9 heteroatoms. The van der Waals surface area contributed by atoms with E-state index in [2.05, 4.69) is 17.2 Å². The van der Waals surface area contributed by atoms with Gasteiger partial charge >= 0.3 is 0 Å². The molecule has 0 aromatic carbocycles. The monoisotopic (exact) mass is 528 g/mol. The zero-order chi connectivity index (χ0) is 28.7. The van der Waals surface area contributed by atoms with Gasteiger partial charge in [-0.3, -0.25) is 9.59 Å². The van der Waals surface area contributed by atoms with Crippen molar-refractivity contribution in [3.8, 4) is 12.1 Å². The van der Waals surface area contributed by atoms with Gasteiger partial charge in [0.15, 0.2) is 16.9 Å². The third kappa shape index (κ3) is 5.18. The van der Waals surface area contributed by atoms with Crippen LogP contribution >= 0.6 is 0 Å². The second kappa shape index (κ2) is 10.4. The number of azo groups is 1. The molecule has 4 aliphatic carbocycles. The van der Waals surface area contributed by atoms with E-state index < -0.39 is 34.5 Å². The van der Waals surface area contributed by atoms with Gasteiger partial charge in [0.1, 0.15) is 18.0 Å². The normalized spacial score (nSPS) is 40.6. The van der Waals surface area contributed by atoms with E-state index in [-0.39, 0.29) is 41.5 Å². The molecule has 3 N–H and O–H groups in total. The van der Waals surface area contributed by atoms with Gasteiger partial charge in [-0.05, 0) is 95.8 Å². The molecule has 8 atom stereocenters. The summed E-state index contributed by atoms with van der Waals surface area (Å²) in [6.07, 6.45) is 5.47. The predicted molar refractivity (Wildman–Crippen MR) is 139 cm³/mol. The fraction of sp³-hybridized carbons (Fsp3) is 0.862. The van der Waals surface area contributed by atoms with Gasteiger partial charge in [-0.1, -0.05) is 13.8 Å². The van der Waals surface area contributed by atoms with Crippen molar-refractivity contribution < 1.29 is 24.9 Å². The number of Topliss-reactive ketones (excluding diaryl/α,β-unsaturated/α-hetero) is 2. The highest BCUT2D eigenvalue weighted by Crippen LogP contribution is 2.67. The van der Waals surface area contributed by atoms with Crippen LogP contribution < -0.4 is 0 Å². The average molecular weight is 529 g/mol. The minimum absolute atomic E-state index is 0.0154. The smallest absolute Gasteiger partial charge is 0.190 e. The number of carbonyl (C=O) groups is 2. The quantitative estimate of drug-likeness (QED) is 0.465. The lowest BCUT2D eigenvalue weighted by molar-refractivity contribution is -0.180. The van der Waals surface area contributed by atoms with Crippen LogP contribution in [0.25, 0.3) is 0 Å². The standard InChI is InChI=1S/C21H32O5.C8H12N4/c1-19-7-5-13(23)9-12(19)3-4-14-15-6-8-21(26,17(25)11-22)20(15,2)10-16(24)18(14)19;1-7(2,5-9)11-12-8(3,4)6-10/h12-15,18,22-23,26H,3-11H2,1-2H3;1-4H3/t12-,13-,14+,15+,18-,19+,20+,21+;/m1./s1. The zero-order valence-electron chi connectivity index (χ0n) is 23.7. The zero-order valence-corrected chi connectivity index (χ0v) is 23.7. The van der Waals surface area contributed by atoms with Crippen molar-refractivity contribution in [3.63, 3.8) is 0 Å². The maximum absolute atomic E-state index is 13.4. The molecule has 0 heterocycles. The molecule has 0 aromatic heterocycles. The number of hydrogen-bond donors (Lipinski definition) is 3. The first-order valence-electron chi connectivity index (χ1n) is 13.8. The first-order chi connectivity index (χ1) is 17.5. The molecule has 4 rings (SSSR count). The van der Waals surface area contributed by atoms with Gasteiger partial charge in [0.2, 0.25) is 0 Å². The number of nitriles is 2. The summed E-state index contributed by atoms with van der Waals surface area (Å²) < 4.78 is 0. The van der Waals surface area contributed by atoms with E-state index in [1.165, 1.54) is 0 Å². The van der Waals surface area contributed by atoms with E-state index >= 15 is 0 Å². The van der Waals surface area contributed by atoms with Crippen molar-refractivity contribution >= 4 is 11.6 Å². The molecule has 0 bridgehead atoms. The highest BCUT2D eigenvalue weighted by molar-refractivity contribution is 5.92. The summed E-state index contributed by atoms with van der Waals surface area (Å²) >= 11 is 0. The van der Waals surface area contributed by atoms with E-state index in [1.807, 2.05) is 19.1 Å². The maximum atomic E-state index is 13.4. The lowest BCUT2D eigenvalue weighted by atomic mass is 9.44. The number of hydrogen-bond acceptors (Lipinski definition) is 9. The number of carbonyl (C=O) groups excluding carboxylic acids is 2. The Balaban J connectivity index is 0.000000284. The topological polar surface area (TPSA) is 167 Å². The molecule has 9 nitrogen and oxygen atoms in total. The van der Waals surface area contributed by atoms with Crippen molar-refractivity contribution in [2.45, 2.75) is 116 Å². The highest BCUT2D eigenvalue weighted by atomic mass is 16.3. The van der Waals surface area contributed by atoms with E-state index in [4.69, 9.17) is 10.5 Å². The van der Waals surface area contributed by atoms with Crippen LogP contribution in [-0.4, -0.2) is 56.3 Å². The first kappa shape index (κ1) is 30.3. The molecule has 4 aliphatic rings. The third-order valence-electron chi connectivity index (χ3n) is 10.2. The molecule has 4 saturated carbocycles. The van der Waals surface area contributed by atoms with Gasteiger partial charge < -0.3 is 15.3 Å². The van der Waals surface area contributed by atoms with Crippen molar-refractivity contribution in [3.05, 3.63) is 0 Å². The van der Waals surface area contributed by atoms with Crippen molar-refractivity contribution in [2.75, 3.05) is 6.61 Å². The summed E-state index contributed by atoms with van der Waals surface area (Å²) in [6.45, 7) is 10.0. The minimum Gasteiger partial charge on any atom is -0.393 e. The molecular weight excluding hydrogens is 484 g/mol. The number of nitrogens with zero attached hydrogens (tertiary/aromatic N) is 4. The number of aliphatic hydroxyl groups excluding tert-OH is 2. The van der Waals surface area contributed by atoms with E-state index in [9.17, 15) is 24.9 Å². The lowest BCUT2D eigenvalue weighted by Crippen LogP contribution is -2.62. The number of aliphatic hydroxyl groups is 3. The molecule has 0 aromatic rings. The van der Waals surface area contributed by atoms with Crippen molar-refractivity contribution in [1.29, 1.82) is 10.5 Å². The van der Waals surface area contributed by atoms with Crippen molar-refractivity contribution in [2.24, 2.45) is 44.7 Å².